The molecule has 1 amide bonds. The Labute approximate surface area is 205 Å². The van der Waals surface area contributed by atoms with Crippen molar-refractivity contribution in [2.45, 2.75) is 44.9 Å². The van der Waals surface area contributed by atoms with E-state index in [0.29, 0.717) is 24.1 Å². The minimum absolute atomic E-state index is 0.0621. The van der Waals surface area contributed by atoms with E-state index in [9.17, 15) is 4.79 Å². The third kappa shape index (κ3) is 5.12. The molecule has 5 rings (SSSR count). The normalized spacial score (nSPS) is 15.3. The molecule has 0 atom stereocenters. The number of hydrogen-bond acceptors (Lipinski definition) is 5. The van der Waals surface area contributed by atoms with Crippen molar-refractivity contribution < 1.29 is 14.3 Å². The van der Waals surface area contributed by atoms with Gasteiger partial charge in [-0.1, -0.05) is 35.9 Å². The molecule has 0 spiro atoms. The molecule has 0 radical (unpaired) electrons. The first kappa shape index (κ1) is 22.9. The van der Waals surface area contributed by atoms with Crippen molar-refractivity contribution in [3.05, 3.63) is 64.3 Å². The van der Waals surface area contributed by atoms with Crippen LogP contribution in [0.15, 0.2) is 42.5 Å². The molecule has 5 nitrogen and oxygen atoms in total. The van der Waals surface area contributed by atoms with E-state index >= 15 is 0 Å². The van der Waals surface area contributed by atoms with E-state index < -0.39 is 0 Å². The summed E-state index contributed by atoms with van der Waals surface area (Å²) in [5.41, 5.74) is 4.05. The number of aromatic nitrogens is 1. The number of rotatable bonds is 10. The maximum absolute atomic E-state index is 13.9. The van der Waals surface area contributed by atoms with E-state index in [4.69, 9.17) is 14.5 Å². The number of thiazole rings is 1. The van der Waals surface area contributed by atoms with Gasteiger partial charge < -0.3 is 14.4 Å². The van der Waals surface area contributed by atoms with Gasteiger partial charge in [0.1, 0.15) is 5.69 Å². The molecule has 3 aromatic rings. The molecule has 0 N–H and O–H groups in total. The van der Waals surface area contributed by atoms with Gasteiger partial charge in [-0.2, -0.15) is 0 Å². The van der Waals surface area contributed by atoms with Crippen molar-refractivity contribution in [3.63, 3.8) is 0 Å². The number of ether oxygens (including phenoxy) is 2. The Morgan fingerprint density at radius 2 is 1.85 bits per heavy atom. The zero-order chi connectivity index (χ0) is 23.7. The predicted molar refractivity (Wildman–Crippen MR) is 136 cm³/mol. The Morgan fingerprint density at radius 1 is 1.06 bits per heavy atom. The van der Waals surface area contributed by atoms with Gasteiger partial charge in [-0.15, -0.1) is 11.3 Å². The lowest BCUT2D eigenvalue weighted by Gasteiger charge is -2.23. The van der Waals surface area contributed by atoms with Crippen LogP contribution in [-0.4, -0.2) is 43.1 Å². The van der Waals surface area contributed by atoms with Gasteiger partial charge in [0.25, 0.3) is 5.91 Å². The lowest BCUT2D eigenvalue weighted by atomic mass is 10.1. The SMILES string of the molecule is COc1ccc(CCN(CC2CC2)C(=O)c2nc(C3CC3)sc2-c2cccc(C)c2)cc1OC. The van der Waals surface area contributed by atoms with Gasteiger partial charge in [-0.25, -0.2) is 4.98 Å². The Hall–Kier alpha value is -2.86. The molecule has 6 heteroatoms. The van der Waals surface area contributed by atoms with Gasteiger partial charge in [0.15, 0.2) is 11.5 Å². The maximum Gasteiger partial charge on any atom is 0.274 e. The number of hydrogen-bond donors (Lipinski definition) is 0. The van der Waals surface area contributed by atoms with Crippen LogP contribution in [0.25, 0.3) is 10.4 Å². The molecule has 178 valence electrons. The van der Waals surface area contributed by atoms with Crippen molar-refractivity contribution >= 4 is 17.2 Å². The summed E-state index contributed by atoms with van der Waals surface area (Å²) >= 11 is 1.71. The highest BCUT2D eigenvalue weighted by Gasteiger charge is 2.33. The molecule has 2 aliphatic rings. The molecule has 1 heterocycles. The molecule has 0 unspecified atom stereocenters. The highest BCUT2D eigenvalue weighted by molar-refractivity contribution is 7.15. The van der Waals surface area contributed by atoms with Gasteiger partial charge in [0, 0.05) is 19.0 Å². The number of amides is 1. The molecule has 2 aliphatic carbocycles. The zero-order valence-corrected chi connectivity index (χ0v) is 21.0. The van der Waals surface area contributed by atoms with Crippen molar-refractivity contribution in [1.82, 2.24) is 9.88 Å². The van der Waals surface area contributed by atoms with Crippen LogP contribution >= 0.6 is 11.3 Å². The quantitative estimate of drug-likeness (QED) is 0.354. The first-order valence-corrected chi connectivity index (χ1v) is 12.9. The second-order valence-electron chi connectivity index (χ2n) is 9.51. The van der Waals surface area contributed by atoms with E-state index in [1.54, 1.807) is 25.6 Å². The Morgan fingerprint density at radius 3 is 2.53 bits per heavy atom. The van der Waals surface area contributed by atoms with E-state index in [1.807, 2.05) is 23.1 Å². The van der Waals surface area contributed by atoms with Gasteiger partial charge in [0.2, 0.25) is 0 Å². The fraction of sp³-hybridized carbons (Fsp3) is 0.429. The molecule has 34 heavy (non-hydrogen) atoms. The Bertz CT molecular complexity index is 1180. The van der Waals surface area contributed by atoms with Gasteiger partial charge >= 0.3 is 0 Å². The minimum Gasteiger partial charge on any atom is -0.493 e. The Kier molecular flexibility index (Phi) is 6.59. The number of nitrogens with zero attached hydrogens (tertiary/aromatic N) is 2. The number of aryl methyl sites for hydroxylation is 1. The molecular weight excluding hydrogens is 444 g/mol. The summed E-state index contributed by atoms with van der Waals surface area (Å²) < 4.78 is 10.8. The number of carbonyl (C=O) groups excluding carboxylic acids is 1. The molecular formula is C28H32N2O3S. The standard InChI is InChI=1S/C28H32N2O3S/c1-18-5-4-6-22(15-18)26-25(29-27(34-26)21-10-11-21)28(31)30(17-20-7-8-20)14-13-19-9-12-23(32-2)24(16-19)33-3/h4-6,9,12,15-16,20-21H,7-8,10-11,13-14,17H2,1-3H3. The van der Waals surface area contributed by atoms with Crippen molar-refractivity contribution in [2.75, 3.05) is 27.3 Å². The fourth-order valence-corrected chi connectivity index (χ4v) is 5.53. The smallest absolute Gasteiger partial charge is 0.274 e. The summed E-state index contributed by atoms with van der Waals surface area (Å²) in [4.78, 5) is 21.9. The van der Waals surface area contributed by atoms with Gasteiger partial charge in [-0.05, 0) is 68.2 Å². The van der Waals surface area contributed by atoms with Crippen LogP contribution in [-0.2, 0) is 6.42 Å². The number of benzene rings is 2. The average Bonchev–Trinajstić information content (AvgIpc) is 3.80. The summed E-state index contributed by atoms with van der Waals surface area (Å²) in [6, 6.07) is 14.4. The maximum atomic E-state index is 13.9. The summed E-state index contributed by atoms with van der Waals surface area (Å²) in [6.45, 7) is 3.56. The zero-order valence-electron chi connectivity index (χ0n) is 20.2. The molecule has 0 saturated heterocycles. The van der Waals surface area contributed by atoms with E-state index in [-0.39, 0.29) is 5.91 Å². The van der Waals surface area contributed by atoms with E-state index in [0.717, 1.165) is 45.5 Å². The highest BCUT2D eigenvalue weighted by atomic mass is 32.1. The fourth-order valence-electron chi connectivity index (χ4n) is 4.31. The lowest BCUT2D eigenvalue weighted by Crippen LogP contribution is -2.35. The summed E-state index contributed by atoms with van der Waals surface area (Å²) in [5.74, 6) is 2.63. The number of methoxy groups -OCH3 is 2. The van der Waals surface area contributed by atoms with Crippen molar-refractivity contribution in [2.24, 2.45) is 5.92 Å². The largest absolute Gasteiger partial charge is 0.493 e. The Balaban J connectivity index is 1.41. The van der Waals surface area contributed by atoms with E-state index in [1.165, 1.54) is 31.2 Å². The van der Waals surface area contributed by atoms with Crippen LogP contribution < -0.4 is 9.47 Å². The molecule has 1 aromatic heterocycles. The second kappa shape index (κ2) is 9.79. The second-order valence-corrected chi connectivity index (χ2v) is 10.5. The number of carbonyl (C=O) groups is 1. The lowest BCUT2D eigenvalue weighted by molar-refractivity contribution is 0.0745. The first-order valence-electron chi connectivity index (χ1n) is 12.1. The monoisotopic (exact) mass is 476 g/mol. The topological polar surface area (TPSA) is 51.7 Å². The van der Waals surface area contributed by atoms with Gasteiger partial charge in [-0.3, -0.25) is 4.79 Å². The first-order chi connectivity index (χ1) is 16.6. The molecule has 0 bridgehead atoms. The molecule has 2 fully saturated rings. The molecule has 2 aromatic carbocycles. The van der Waals surface area contributed by atoms with Crippen LogP contribution in [0.2, 0.25) is 0 Å². The van der Waals surface area contributed by atoms with Crippen LogP contribution in [0.1, 0.15) is 58.2 Å². The minimum atomic E-state index is 0.0621. The van der Waals surface area contributed by atoms with Crippen LogP contribution in [0.3, 0.4) is 0 Å². The van der Waals surface area contributed by atoms with Crippen molar-refractivity contribution in [3.8, 4) is 21.9 Å². The summed E-state index contributed by atoms with van der Waals surface area (Å²) in [6.07, 6.45) is 5.53. The van der Waals surface area contributed by atoms with E-state index in [2.05, 4.69) is 31.2 Å². The summed E-state index contributed by atoms with van der Waals surface area (Å²) in [5, 5.41) is 1.12. The average molecular weight is 477 g/mol. The molecule has 0 aliphatic heterocycles. The summed E-state index contributed by atoms with van der Waals surface area (Å²) in [7, 11) is 3.29. The third-order valence-electron chi connectivity index (χ3n) is 6.63. The van der Waals surface area contributed by atoms with Crippen LogP contribution in [0, 0.1) is 12.8 Å². The predicted octanol–water partition coefficient (Wildman–Crippen LogP) is 6.11. The van der Waals surface area contributed by atoms with Crippen LogP contribution in [0.4, 0.5) is 0 Å². The third-order valence-corrected chi connectivity index (χ3v) is 7.90. The van der Waals surface area contributed by atoms with Gasteiger partial charge in [0.05, 0.1) is 24.1 Å². The highest BCUT2D eigenvalue weighted by Crippen LogP contribution is 2.45. The molecule has 2 saturated carbocycles. The van der Waals surface area contributed by atoms with Crippen molar-refractivity contribution in [1.29, 1.82) is 0 Å². The van der Waals surface area contributed by atoms with Crippen LogP contribution in [0.5, 0.6) is 11.5 Å².